The number of carbonyl (C=O) groups is 1. The largest absolute Gasteiger partial charge is 0.375 e. The summed E-state index contributed by atoms with van der Waals surface area (Å²) in [6.45, 7) is 3.67. The molecule has 2 N–H and O–H groups in total. The SMILES string of the molecule is CC(C)NS(=O)(=O)Cc1ccccc1CNc1ccc(C(=O)c2ccccc2)cc1[N+](=O)[O-]. The van der Waals surface area contributed by atoms with Crippen LogP contribution < -0.4 is 10.0 Å². The van der Waals surface area contributed by atoms with Gasteiger partial charge in [0.2, 0.25) is 10.0 Å². The Bertz CT molecular complexity index is 1260. The van der Waals surface area contributed by atoms with Gasteiger partial charge in [-0.2, -0.15) is 0 Å². The molecule has 0 aliphatic heterocycles. The second-order valence-corrected chi connectivity index (χ2v) is 9.59. The van der Waals surface area contributed by atoms with Crippen LogP contribution >= 0.6 is 0 Å². The third kappa shape index (κ3) is 6.47. The molecule has 172 valence electrons. The molecule has 0 atom stereocenters. The maximum atomic E-state index is 12.7. The Hall–Kier alpha value is -3.56. The summed E-state index contributed by atoms with van der Waals surface area (Å²) in [5.41, 5.74) is 1.95. The standard InChI is InChI=1S/C24H25N3O5S/c1-17(2)26-33(31,32)16-21-11-7-6-10-20(21)15-25-22-13-12-19(14-23(22)27(29)30)24(28)18-8-4-3-5-9-18/h3-14,17,25-26H,15-16H2,1-2H3. The molecule has 8 nitrogen and oxygen atoms in total. The van der Waals surface area contributed by atoms with Crippen molar-refractivity contribution in [1.29, 1.82) is 0 Å². The number of carbonyl (C=O) groups excluding carboxylic acids is 1. The quantitative estimate of drug-likeness (QED) is 0.261. The van der Waals surface area contributed by atoms with Crippen LogP contribution in [0.2, 0.25) is 0 Å². The first-order valence-electron chi connectivity index (χ1n) is 10.3. The van der Waals surface area contributed by atoms with Gasteiger partial charge in [-0.15, -0.1) is 0 Å². The number of sulfonamides is 1. The van der Waals surface area contributed by atoms with E-state index < -0.39 is 14.9 Å². The summed E-state index contributed by atoms with van der Waals surface area (Å²) in [6, 6.07) is 19.6. The van der Waals surface area contributed by atoms with Crippen LogP contribution in [-0.4, -0.2) is 25.2 Å². The van der Waals surface area contributed by atoms with Crippen LogP contribution in [0.5, 0.6) is 0 Å². The van der Waals surface area contributed by atoms with Gasteiger partial charge in [0.05, 0.1) is 10.7 Å². The Labute approximate surface area is 192 Å². The second kappa shape index (κ2) is 10.4. The van der Waals surface area contributed by atoms with Gasteiger partial charge in [0.25, 0.3) is 5.69 Å². The number of nitro benzene ring substituents is 1. The van der Waals surface area contributed by atoms with Gasteiger partial charge in [-0.05, 0) is 37.1 Å². The zero-order valence-electron chi connectivity index (χ0n) is 18.3. The molecule has 0 aliphatic rings. The zero-order valence-corrected chi connectivity index (χ0v) is 19.1. The van der Waals surface area contributed by atoms with Gasteiger partial charge in [-0.1, -0.05) is 54.6 Å². The van der Waals surface area contributed by atoms with Gasteiger partial charge in [-0.3, -0.25) is 14.9 Å². The molecular formula is C24H25N3O5S. The van der Waals surface area contributed by atoms with Gasteiger partial charge in [0.1, 0.15) is 5.69 Å². The fourth-order valence-corrected chi connectivity index (χ4v) is 4.89. The van der Waals surface area contributed by atoms with E-state index in [0.717, 1.165) is 0 Å². The van der Waals surface area contributed by atoms with E-state index in [-0.39, 0.29) is 41.1 Å². The number of ketones is 1. The number of rotatable bonds is 10. The van der Waals surface area contributed by atoms with Gasteiger partial charge >= 0.3 is 0 Å². The number of anilines is 1. The summed E-state index contributed by atoms with van der Waals surface area (Å²) in [7, 11) is -3.53. The highest BCUT2D eigenvalue weighted by molar-refractivity contribution is 7.88. The molecule has 9 heteroatoms. The average molecular weight is 468 g/mol. The molecular weight excluding hydrogens is 442 g/mol. The maximum Gasteiger partial charge on any atom is 0.293 e. The summed E-state index contributed by atoms with van der Waals surface area (Å²) in [6.07, 6.45) is 0. The fraction of sp³-hybridized carbons (Fsp3) is 0.208. The molecule has 3 aromatic carbocycles. The van der Waals surface area contributed by atoms with Crippen molar-refractivity contribution in [3.05, 3.63) is 105 Å². The van der Waals surface area contributed by atoms with E-state index in [9.17, 15) is 23.3 Å². The Morgan fingerprint density at radius 1 is 0.939 bits per heavy atom. The maximum absolute atomic E-state index is 12.7. The molecule has 33 heavy (non-hydrogen) atoms. The number of nitro groups is 1. The molecule has 0 saturated carbocycles. The topological polar surface area (TPSA) is 118 Å². The minimum absolute atomic E-state index is 0.181. The van der Waals surface area contributed by atoms with E-state index in [2.05, 4.69) is 10.0 Å². The minimum Gasteiger partial charge on any atom is -0.375 e. The number of benzene rings is 3. The van der Waals surface area contributed by atoms with Crippen LogP contribution in [-0.2, 0) is 22.3 Å². The van der Waals surface area contributed by atoms with E-state index in [1.165, 1.54) is 18.2 Å². The summed E-state index contributed by atoms with van der Waals surface area (Å²) >= 11 is 0. The summed E-state index contributed by atoms with van der Waals surface area (Å²) in [5, 5.41) is 14.7. The Morgan fingerprint density at radius 2 is 1.58 bits per heavy atom. The van der Waals surface area contributed by atoms with Crippen LogP contribution in [0.1, 0.15) is 40.9 Å². The first-order chi connectivity index (χ1) is 15.7. The van der Waals surface area contributed by atoms with Gasteiger partial charge in [0.15, 0.2) is 5.78 Å². The second-order valence-electron chi connectivity index (χ2n) is 7.84. The molecule has 0 unspecified atom stereocenters. The van der Waals surface area contributed by atoms with Crippen molar-refractivity contribution < 1.29 is 18.1 Å². The molecule has 0 aromatic heterocycles. The highest BCUT2D eigenvalue weighted by atomic mass is 32.2. The van der Waals surface area contributed by atoms with E-state index in [1.54, 1.807) is 68.4 Å². The molecule has 0 saturated heterocycles. The molecule has 0 radical (unpaired) electrons. The Kier molecular flexibility index (Phi) is 7.57. The number of hydrogen-bond acceptors (Lipinski definition) is 6. The third-order valence-electron chi connectivity index (χ3n) is 4.84. The third-order valence-corrected chi connectivity index (χ3v) is 6.36. The van der Waals surface area contributed by atoms with Crippen molar-refractivity contribution in [3.63, 3.8) is 0 Å². The summed E-state index contributed by atoms with van der Waals surface area (Å²) < 4.78 is 27.2. The zero-order chi connectivity index (χ0) is 24.0. The Balaban J connectivity index is 1.82. The van der Waals surface area contributed by atoms with E-state index in [4.69, 9.17) is 0 Å². The van der Waals surface area contributed by atoms with Crippen LogP contribution in [0.25, 0.3) is 0 Å². The first-order valence-corrected chi connectivity index (χ1v) is 12.0. The molecule has 0 fully saturated rings. The van der Waals surface area contributed by atoms with Crippen molar-refractivity contribution in [3.8, 4) is 0 Å². The molecule has 0 bridgehead atoms. The fourth-order valence-electron chi connectivity index (χ4n) is 3.40. The monoisotopic (exact) mass is 467 g/mol. The van der Waals surface area contributed by atoms with E-state index in [0.29, 0.717) is 16.7 Å². The molecule has 0 amide bonds. The van der Waals surface area contributed by atoms with Crippen molar-refractivity contribution in [1.82, 2.24) is 4.72 Å². The number of hydrogen-bond donors (Lipinski definition) is 2. The van der Waals surface area contributed by atoms with E-state index >= 15 is 0 Å². The lowest BCUT2D eigenvalue weighted by Crippen LogP contribution is -2.31. The lowest BCUT2D eigenvalue weighted by molar-refractivity contribution is -0.384. The van der Waals surface area contributed by atoms with Gasteiger partial charge in [-0.25, -0.2) is 13.1 Å². The molecule has 3 rings (SSSR count). The van der Waals surface area contributed by atoms with Crippen LogP contribution in [0, 0.1) is 10.1 Å². The van der Waals surface area contributed by atoms with Crippen molar-refractivity contribution in [2.24, 2.45) is 0 Å². The van der Waals surface area contributed by atoms with Gasteiger partial charge in [0, 0.05) is 29.8 Å². The average Bonchev–Trinajstić information content (AvgIpc) is 2.77. The molecule has 0 spiro atoms. The van der Waals surface area contributed by atoms with Crippen LogP contribution in [0.3, 0.4) is 0 Å². The highest BCUT2D eigenvalue weighted by Crippen LogP contribution is 2.28. The predicted octanol–water partition coefficient (Wildman–Crippen LogP) is 4.27. The van der Waals surface area contributed by atoms with Crippen LogP contribution in [0.4, 0.5) is 11.4 Å². The van der Waals surface area contributed by atoms with Crippen molar-refractivity contribution in [2.75, 3.05) is 5.32 Å². The molecule has 3 aromatic rings. The highest BCUT2D eigenvalue weighted by Gasteiger charge is 2.20. The molecule has 0 aliphatic carbocycles. The minimum atomic E-state index is -3.53. The van der Waals surface area contributed by atoms with Crippen molar-refractivity contribution in [2.45, 2.75) is 32.2 Å². The smallest absolute Gasteiger partial charge is 0.293 e. The Morgan fingerprint density at radius 3 is 2.21 bits per heavy atom. The molecule has 0 heterocycles. The van der Waals surface area contributed by atoms with Crippen LogP contribution in [0.15, 0.2) is 72.8 Å². The summed E-state index contributed by atoms with van der Waals surface area (Å²) in [5.74, 6) is -0.506. The van der Waals surface area contributed by atoms with Crippen molar-refractivity contribution >= 4 is 27.2 Å². The number of nitrogens with zero attached hydrogens (tertiary/aromatic N) is 1. The van der Waals surface area contributed by atoms with Gasteiger partial charge < -0.3 is 5.32 Å². The lowest BCUT2D eigenvalue weighted by atomic mass is 10.0. The lowest BCUT2D eigenvalue weighted by Gasteiger charge is -2.14. The first kappa shape index (κ1) is 24.1. The number of nitrogens with one attached hydrogen (secondary N) is 2. The summed E-state index contributed by atoms with van der Waals surface area (Å²) in [4.78, 5) is 23.8. The van der Waals surface area contributed by atoms with E-state index in [1.807, 2.05) is 0 Å². The predicted molar refractivity (Wildman–Crippen MR) is 128 cm³/mol. The normalized spacial score (nSPS) is 11.4.